The molecule has 0 aromatic carbocycles. The third-order valence-corrected chi connectivity index (χ3v) is 1.67. The van der Waals surface area contributed by atoms with Crippen LogP contribution in [0.5, 0.6) is 0 Å². The molecule has 1 atom stereocenters. The van der Waals surface area contributed by atoms with E-state index in [2.05, 4.69) is 5.32 Å². The summed E-state index contributed by atoms with van der Waals surface area (Å²) in [5, 5.41) is 11.5. The second-order valence-electron chi connectivity index (χ2n) is 3.42. The van der Waals surface area contributed by atoms with E-state index in [1.807, 2.05) is 27.7 Å². The van der Waals surface area contributed by atoms with Crippen molar-refractivity contribution < 1.29 is 14.7 Å². The van der Waals surface area contributed by atoms with Crippen LogP contribution in [0.3, 0.4) is 0 Å². The molecule has 0 aliphatic rings. The summed E-state index contributed by atoms with van der Waals surface area (Å²) in [5.74, 6) is -0.869. The van der Waals surface area contributed by atoms with E-state index >= 15 is 0 Å². The Labute approximate surface area is 92.1 Å². The van der Waals surface area contributed by atoms with Gasteiger partial charge in [0.05, 0.1) is 6.04 Å². The average Bonchev–Trinajstić information content (AvgIpc) is 2.14. The number of hydrogen-bond donors (Lipinski definition) is 2. The maximum absolute atomic E-state index is 11.0. The van der Waals surface area contributed by atoms with Crippen molar-refractivity contribution in [2.24, 2.45) is 0 Å². The molecule has 0 fully saturated rings. The molecule has 90 valence electrons. The minimum Gasteiger partial charge on any atom is -0.481 e. The molecule has 0 rings (SSSR count). The molecule has 0 radical (unpaired) electrons. The van der Waals surface area contributed by atoms with Crippen molar-refractivity contribution in [2.75, 3.05) is 0 Å². The quantitative estimate of drug-likeness (QED) is 0.712. The third-order valence-electron chi connectivity index (χ3n) is 1.67. The Kier molecular flexibility index (Phi) is 10.6. The van der Waals surface area contributed by atoms with Crippen molar-refractivity contribution in [1.29, 1.82) is 0 Å². The number of carboxylic acid groups (broad SMARTS) is 1. The van der Waals surface area contributed by atoms with Crippen molar-refractivity contribution in [2.45, 2.75) is 59.5 Å². The van der Waals surface area contributed by atoms with Crippen LogP contribution in [-0.4, -0.2) is 28.9 Å². The van der Waals surface area contributed by atoms with Gasteiger partial charge in [-0.2, -0.15) is 0 Å². The molecule has 0 aromatic rings. The van der Waals surface area contributed by atoms with Crippen LogP contribution in [0, 0.1) is 0 Å². The van der Waals surface area contributed by atoms with Gasteiger partial charge < -0.3 is 10.4 Å². The zero-order chi connectivity index (χ0) is 12.4. The van der Waals surface area contributed by atoms with Crippen molar-refractivity contribution >= 4 is 11.8 Å². The van der Waals surface area contributed by atoms with Crippen LogP contribution in [0.25, 0.3) is 0 Å². The highest BCUT2D eigenvalue weighted by molar-refractivity contribution is 5.82. The number of Topliss-reactive ketones (excluding diaryl/α,β-unsaturated/α-hetero) is 1. The number of carbonyl (C=O) groups excluding carboxylic acids is 1. The molecular weight excluding hydrogens is 194 g/mol. The number of hydrogen-bond acceptors (Lipinski definition) is 3. The molecule has 0 saturated carbocycles. The molecule has 1 unspecified atom stereocenters. The highest BCUT2D eigenvalue weighted by Gasteiger charge is 2.15. The molecule has 0 saturated heterocycles. The van der Waals surface area contributed by atoms with Crippen LogP contribution >= 0.6 is 0 Å². The molecule has 15 heavy (non-hydrogen) atoms. The van der Waals surface area contributed by atoms with E-state index in [1.165, 1.54) is 6.92 Å². The lowest BCUT2D eigenvalue weighted by molar-refractivity contribution is -0.137. The van der Waals surface area contributed by atoms with E-state index in [9.17, 15) is 9.59 Å². The number of rotatable bonds is 6. The van der Waals surface area contributed by atoms with Crippen molar-refractivity contribution in [3.63, 3.8) is 0 Å². The fourth-order valence-electron chi connectivity index (χ4n) is 1.07. The Bertz CT molecular complexity index is 190. The lowest BCUT2D eigenvalue weighted by Crippen LogP contribution is -2.40. The number of carboxylic acids is 1. The summed E-state index contributed by atoms with van der Waals surface area (Å²) in [4.78, 5) is 21.3. The molecule has 0 spiro atoms. The first-order valence-corrected chi connectivity index (χ1v) is 5.41. The first-order valence-electron chi connectivity index (χ1n) is 5.41. The third kappa shape index (κ3) is 11.0. The first-order chi connectivity index (χ1) is 6.93. The molecule has 2 N–H and O–H groups in total. The minimum absolute atomic E-state index is 0.00468. The van der Waals surface area contributed by atoms with Gasteiger partial charge in [-0.05, 0) is 13.3 Å². The highest BCUT2D eigenvalue weighted by atomic mass is 16.4. The summed E-state index contributed by atoms with van der Waals surface area (Å²) in [6.07, 6.45) is 0.396. The molecular formula is C11H23NO3. The van der Waals surface area contributed by atoms with Crippen LogP contribution < -0.4 is 5.32 Å². The average molecular weight is 217 g/mol. The number of ketones is 1. The summed E-state index contributed by atoms with van der Waals surface area (Å²) in [7, 11) is 0. The summed E-state index contributed by atoms with van der Waals surface area (Å²) < 4.78 is 0. The Morgan fingerprint density at radius 2 is 1.73 bits per heavy atom. The Morgan fingerprint density at radius 1 is 1.27 bits per heavy atom. The molecule has 0 aliphatic heterocycles. The van der Waals surface area contributed by atoms with E-state index < -0.39 is 5.97 Å². The van der Waals surface area contributed by atoms with Gasteiger partial charge >= 0.3 is 5.97 Å². The SMILES string of the molecule is CC.CC(=O)C(CCC(=O)O)NC(C)C. The normalized spacial score (nSPS) is 11.6. The second kappa shape index (κ2) is 9.65. The monoisotopic (exact) mass is 217 g/mol. The maximum Gasteiger partial charge on any atom is 0.303 e. The molecule has 0 aliphatic carbocycles. The van der Waals surface area contributed by atoms with Crippen LogP contribution in [-0.2, 0) is 9.59 Å². The van der Waals surface area contributed by atoms with Crippen LogP contribution in [0.4, 0.5) is 0 Å². The van der Waals surface area contributed by atoms with Gasteiger partial charge in [0, 0.05) is 12.5 Å². The lowest BCUT2D eigenvalue weighted by Gasteiger charge is -2.17. The minimum atomic E-state index is -0.864. The highest BCUT2D eigenvalue weighted by Crippen LogP contribution is 2.00. The van der Waals surface area contributed by atoms with Gasteiger partial charge in [-0.1, -0.05) is 27.7 Å². The fraction of sp³-hybridized carbons (Fsp3) is 0.818. The van der Waals surface area contributed by atoms with Gasteiger partial charge in [0.15, 0.2) is 0 Å². The second-order valence-corrected chi connectivity index (χ2v) is 3.42. The molecule has 4 heteroatoms. The van der Waals surface area contributed by atoms with Gasteiger partial charge in [-0.3, -0.25) is 9.59 Å². The molecule has 4 nitrogen and oxygen atoms in total. The molecule has 0 bridgehead atoms. The van der Waals surface area contributed by atoms with Crippen molar-refractivity contribution in [1.82, 2.24) is 5.32 Å². The summed E-state index contributed by atoms with van der Waals surface area (Å²) in [6.45, 7) is 9.33. The number of aliphatic carboxylic acids is 1. The number of carbonyl (C=O) groups is 2. The van der Waals surface area contributed by atoms with E-state index in [-0.39, 0.29) is 24.3 Å². The van der Waals surface area contributed by atoms with Crippen LogP contribution in [0.2, 0.25) is 0 Å². The van der Waals surface area contributed by atoms with E-state index in [1.54, 1.807) is 0 Å². The Hall–Kier alpha value is -0.900. The van der Waals surface area contributed by atoms with Crippen molar-refractivity contribution in [3.05, 3.63) is 0 Å². The molecule has 0 aromatic heterocycles. The largest absolute Gasteiger partial charge is 0.481 e. The van der Waals surface area contributed by atoms with Crippen LogP contribution in [0.1, 0.15) is 47.5 Å². The predicted octanol–water partition coefficient (Wildman–Crippen LogP) is 1.83. The lowest BCUT2D eigenvalue weighted by atomic mass is 10.1. The van der Waals surface area contributed by atoms with Gasteiger partial charge in [0.25, 0.3) is 0 Å². The Morgan fingerprint density at radius 3 is 2.00 bits per heavy atom. The van der Waals surface area contributed by atoms with E-state index in [0.29, 0.717) is 6.42 Å². The topological polar surface area (TPSA) is 66.4 Å². The first kappa shape index (κ1) is 16.5. The zero-order valence-electron chi connectivity index (χ0n) is 10.3. The van der Waals surface area contributed by atoms with Crippen molar-refractivity contribution in [3.8, 4) is 0 Å². The summed E-state index contributed by atoms with van der Waals surface area (Å²) in [6, 6.07) is -0.126. The smallest absolute Gasteiger partial charge is 0.303 e. The summed E-state index contributed by atoms with van der Waals surface area (Å²) in [5.41, 5.74) is 0. The van der Waals surface area contributed by atoms with Crippen LogP contribution in [0.15, 0.2) is 0 Å². The Balaban J connectivity index is 0. The van der Waals surface area contributed by atoms with E-state index in [4.69, 9.17) is 5.11 Å². The standard InChI is InChI=1S/C9H17NO3.C2H6/c1-6(2)10-8(7(3)11)4-5-9(12)13;1-2/h6,8,10H,4-5H2,1-3H3,(H,12,13);1-2H3. The van der Waals surface area contributed by atoms with Gasteiger partial charge in [-0.15, -0.1) is 0 Å². The maximum atomic E-state index is 11.0. The zero-order valence-corrected chi connectivity index (χ0v) is 10.3. The van der Waals surface area contributed by atoms with E-state index in [0.717, 1.165) is 0 Å². The molecule has 0 heterocycles. The van der Waals surface area contributed by atoms with Gasteiger partial charge in [-0.25, -0.2) is 0 Å². The summed E-state index contributed by atoms with van der Waals surface area (Å²) >= 11 is 0. The predicted molar refractivity (Wildman–Crippen MR) is 61.0 cm³/mol. The van der Waals surface area contributed by atoms with Gasteiger partial charge in [0.2, 0.25) is 0 Å². The fourth-order valence-corrected chi connectivity index (χ4v) is 1.07. The van der Waals surface area contributed by atoms with Gasteiger partial charge in [0.1, 0.15) is 5.78 Å². The molecule has 0 amide bonds. The number of nitrogens with one attached hydrogen (secondary N) is 1.